The second-order valence-electron chi connectivity index (χ2n) is 7.45. The number of carbonyl (C=O) groups is 1. The Kier molecular flexibility index (Phi) is 5.63. The molecule has 0 aliphatic carbocycles. The van der Waals surface area contributed by atoms with Crippen LogP contribution in [-0.4, -0.2) is 50.7 Å². The Morgan fingerprint density at radius 1 is 1.23 bits per heavy atom. The molecule has 1 fully saturated rings. The maximum atomic E-state index is 12.7. The number of ether oxygens (including phenoxy) is 1. The minimum Gasteiger partial charge on any atom is -0.372 e. The number of aromatic nitrogens is 3. The minimum absolute atomic E-state index is 0.117. The molecule has 1 saturated heterocycles. The van der Waals surface area contributed by atoms with Crippen LogP contribution in [0.25, 0.3) is 5.69 Å². The van der Waals surface area contributed by atoms with E-state index in [1.165, 1.54) is 35.3 Å². The molecule has 0 radical (unpaired) electrons. The maximum absolute atomic E-state index is 12.7. The van der Waals surface area contributed by atoms with Gasteiger partial charge in [-0.1, -0.05) is 0 Å². The highest BCUT2D eigenvalue weighted by atomic mass is 16.6. The number of pyridine rings is 1. The number of nitro benzene ring substituents is 1. The quantitative estimate of drug-likeness (QED) is 0.496. The van der Waals surface area contributed by atoms with E-state index < -0.39 is 10.8 Å². The molecule has 1 amide bonds. The number of nitrogens with zero attached hydrogens (tertiary/aromatic N) is 5. The van der Waals surface area contributed by atoms with Crippen molar-refractivity contribution in [1.29, 1.82) is 0 Å². The molecule has 2 aromatic heterocycles. The van der Waals surface area contributed by atoms with Gasteiger partial charge in [-0.15, -0.1) is 0 Å². The molecule has 0 unspecified atom stereocenters. The van der Waals surface area contributed by atoms with Crippen molar-refractivity contribution in [2.24, 2.45) is 0 Å². The molecule has 0 spiro atoms. The largest absolute Gasteiger partial charge is 0.372 e. The van der Waals surface area contributed by atoms with E-state index in [-0.39, 0.29) is 23.5 Å². The van der Waals surface area contributed by atoms with Crippen LogP contribution in [0.3, 0.4) is 0 Å². The van der Waals surface area contributed by atoms with Gasteiger partial charge >= 0.3 is 0 Å². The van der Waals surface area contributed by atoms with Crippen LogP contribution in [0.2, 0.25) is 0 Å². The molecule has 10 heteroatoms. The van der Waals surface area contributed by atoms with Gasteiger partial charge in [0.25, 0.3) is 11.6 Å². The van der Waals surface area contributed by atoms with Gasteiger partial charge in [-0.05, 0) is 38.1 Å². The highest BCUT2D eigenvalue weighted by Gasteiger charge is 2.23. The monoisotopic (exact) mass is 422 g/mol. The zero-order chi connectivity index (χ0) is 22.0. The number of nitrogens with one attached hydrogen (secondary N) is 1. The summed E-state index contributed by atoms with van der Waals surface area (Å²) >= 11 is 0. The Morgan fingerprint density at radius 3 is 2.61 bits per heavy atom. The number of nitro groups is 1. The highest BCUT2D eigenvalue weighted by molar-refractivity contribution is 6.04. The Bertz CT molecular complexity index is 1070. The van der Waals surface area contributed by atoms with Crippen molar-refractivity contribution in [3.8, 4) is 5.69 Å². The van der Waals surface area contributed by atoms with Crippen LogP contribution in [0.5, 0.6) is 0 Å². The highest BCUT2D eigenvalue weighted by Crippen LogP contribution is 2.25. The molecule has 31 heavy (non-hydrogen) atoms. The SMILES string of the molecule is C[C@H]1CN(c2ccc(NC(=O)c3ccc(-n4ccnc4)c([N+](=O)[O-])c3)cn2)C[C@H](C)O1. The fourth-order valence-electron chi connectivity index (χ4n) is 3.65. The van der Waals surface area contributed by atoms with Gasteiger partial charge in [-0.25, -0.2) is 9.97 Å². The van der Waals surface area contributed by atoms with Crippen LogP contribution < -0.4 is 10.2 Å². The second kappa shape index (κ2) is 8.52. The van der Waals surface area contributed by atoms with Crippen molar-refractivity contribution < 1.29 is 14.5 Å². The molecule has 2 atom stereocenters. The van der Waals surface area contributed by atoms with E-state index in [0.717, 1.165) is 18.9 Å². The van der Waals surface area contributed by atoms with E-state index in [9.17, 15) is 14.9 Å². The van der Waals surface area contributed by atoms with Gasteiger partial charge in [0, 0.05) is 37.1 Å². The Morgan fingerprint density at radius 2 is 2.00 bits per heavy atom. The third kappa shape index (κ3) is 4.53. The van der Waals surface area contributed by atoms with Crippen LogP contribution in [-0.2, 0) is 4.74 Å². The molecule has 10 nitrogen and oxygen atoms in total. The summed E-state index contributed by atoms with van der Waals surface area (Å²) in [4.78, 5) is 34.1. The molecule has 160 valence electrons. The van der Waals surface area contributed by atoms with Crippen LogP contribution in [0.4, 0.5) is 17.2 Å². The van der Waals surface area contributed by atoms with Crippen LogP contribution in [0, 0.1) is 10.1 Å². The molecule has 1 N–H and O–H groups in total. The first-order chi connectivity index (χ1) is 14.9. The lowest BCUT2D eigenvalue weighted by molar-refractivity contribution is -0.384. The summed E-state index contributed by atoms with van der Waals surface area (Å²) in [6.45, 7) is 5.54. The molecule has 1 aromatic carbocycles. The molecule has 3 aromatic rings. The molecule has 0 bridgehead atoms. The molecule has 3 heterocycles. The Labute approximate surface area is 178 Å². The van der Waals surface area contributed by atoms with Crippen molar-refractivity contribution in [3.05, 3.63) is 70.9 Å². The van der Waals surface area contributed by atoms with E-state index in [1.807, 2.05) is 19.9 Å². The van der Waals surface area contributed by atoms with Gasteiger partial charge in [0.15, 0.2) is 0 Å². The summed E-state index contributed by atoms with van der Waals surface area (Å²) in [6.07, 6.45) is 6.40. The average molecular weight is 422 g/mol. The third-order valence-electron chi connectivity index (χ3n) is 4.97. The summed E-state index contributed by atoms with van der Waals surface area (Å²) in [5, 5.41) is 14.2. The first kappa shape index (κ1) is 20.5. The van der Waals surface area contributed by atoms with E-state index in [1.54, 1.807) is 18.5 Å². The molecule has 1 aliphatic rings. The van der Waals surface area contributed by atoms with Gasteiger partial charge in [-0.3, -0.25) is 14.9 Å². The van der Waals surface area contributed by atoms with Crippen LogP contribution in [0.15, 0.2) is 55.2 Å². The fourth-order valence-corrected chi connectivity index (χ4v) is 3.65. The zero-order valence-electron chi connectivity index (χ0n) is 17.1. The Balaban J connectivity index is 1.49. The molecule has 4 rings (SSSR count). The van der Waals surface area contributed by atoms with Crippen molar-refractivity contribution in [3.63, 3.8) is 0 Å². The lowest BCUT2D eigenvalue weighted by Gasteiger charge is -2.36. The minimum atomic E-state index is -0.521. The van der Waals surface area contributed by atoms with Gasteiger partial charge in [-0.2, -0.15) is 0 Å². The van der Waals surface area contributed by atoms with Crippen LogP contribution >= 0.6 is 0 Å². The number of anilines is 2. The van der Waals surface area contributed by atoms with Gasteiger partial charge in [0.05, 0.1) is 35.3 Å². The molecule has 1 aliphatic heterocycles. The second-order valence-corrected chi connectivity index (χ2v) is 7.45. The summed E-state index contributed by atoms with van der Waals surface area (Å²) in [5.41, 5.74) is 0.827. The lowest BCUT2D eigenvalue weighted by atomic mass is 10.1. The number of morpholine rings is 1. The lowest BCUT2D eigenvalue weighted by Crippen LogP contribution is -2.45. The standard InChI is InChI=1S/C21H22N6O4/c1-14-11-26(12-15(2)31-14)20-6-4-17(10-23-20)24-21(28)16-3-5-18(19(9-16)27(29)30)25-8-7-22-13-25/h3-10,13-15H,11-12H2,1-2H3,(H,24,28)/t14-,15-/m0/s1. The van der Waals surface area contributed by atoms with Crippen molar-refractivity contribution >= 4 is 23.1 Å². The van der Waals surface area contributed by atoms with Gasteiger partial charge in [0.1, 0.15) is 11.5 Å². The number of hydrogen-bond donors (Lipinski definition) is 1. The molecule has 0 saturated carbocycles. The maximum Gasteiger partial charge on any atom is 0.294 e. The Hall–Kier alpha value is -3.79. The normalized spacial score (nSPS) is 18.6. The van der Waals surface area contributed by atoms with Crippen molar-refractivity contribution in [2.45, 2.75) is 26.1 Å². The third-order valence-corrected chi connectivity index (χ3v) is 4.97. The number of amides is 1. The van der Waals surface area contributed by atoms with Crippen molar-refractivity contribution in [1.82, 2.24) is 14.5 Å². The smallest absolute Gasteiger partial charge is 0.294 e. The zero-order valence-corrected chi connectivity index (χ0v) is 17.1. The number of carbonyl (C=O) groups excluding carboxylic acids is 1. The topological polar surface area (TPSA) is 115 Å². The number of imidazole rings is 1. The van der Waals surface area contributed by atoms with Gasteiger partial charge in [0.2, 0.25) is 0 Å². The predicted octanol–water partition coefficient (Wildman–Crippen LogP) is 3.04. The van der Waals surface area contributed by atoms with Crippen LogP contribution in [0.1, 0.15) is 24.2 Å². The van der Waals surface area contributed by atoms with E-state index in [4.69, 9.17) is 4.74 Å². The van der Waals surface area contributed by atoms with E-state index in [2.05, 4.69) is 20.2 Å². The molecular weight excluding hydrogens is 400 g/mol. The number of benzene rings is 1. The average Bonchev–Trinajstić information content (AvgIpc) is 3.28. The predicted molar refractivity (Wildman–Crippen MR) is 115 cm³/mol. The first-order valence-corrected chi connectivity index (χ1v) is 9.85. The molecular formula is C21H22N6O4. The summed E-state index contributed by atoms with van der Waals surface area (Å²) in [5.74, 6) is 0.351. The summed E-state index contributed by atoms with van der Waals surface area (Å²) in [6, 6.07) is 7.92. The van der Waals surface area contributed by atoms with E-state index in [0.29, 0.717) is 11.4 Å². The number of rotatable bonds is 5. The first-order valence-electron chi connectivity index (χ1n) is 9.85. The van der Waals surface area contributed by atoms with Crippen molar-refractivity contribution in [2.75, 3.05) is 23.3 Å². The fraction of sp³-hybridized carbons (Fsp3) is 0.286. The van der Waals surface area contributed by atoms with E-state index >= 15 is 0 Å². The number of hydrogen-bond acceptors (Lipinski definition) is 7. The summed E-state index contributed by atoms with van der Waals surface area (Å²) in [7, 11) is 0. The van der Waals surface area contributed by atoms with Gasteiger partial charge < -0.3 is 19.5 Å². The summed E-state index contributed by atoms with van der Waals surface area (Å²) < 4.78 is 7.27.